The maximum atomic E-state index is 12.7. The van der Waals surface area contributed by atoms with Crippen molar-refractivity contribution in [2.45, 2.75) is 53.5 Å². The second kappa shape index (κ2) is 10.5. The molecular formula is C23H29N3O8. The van der Waals surface area contributed by atoms with Crippen LogP contribution < -0.4 is 11.2 Å². The Kier molecular flexibility index (Phi) is 8.21. The number of rotatable bonds is 8. The van der Waals surface area contributed by atoms with E-state index in [-0.39, 0.29) is 24.5 Å². The van der Waals surface area contributed by atoms with E-state index in [0.29, 0.717) is 0 Å². The third-order valence-electron chi connectivity index (χ3n) is 5.19. The van der Waals surface area contributed by atoms with E-state index >= 15 is 0 Å². The normalized spacial score (nSPS) is 19.9. The Balaban J connectivity index is 2.74. The SMILES string of the molecule is CC(C)C(=O)OC[C@H]1CC(C#N)(n2ccc(=O)[nH]c2=O)C(OC(=O)C(C)C)=C1OC(=O)C(C)C. The monoisotopic (exact) mass is 475 g/mol. The molecule has 1 aromatic heterocycles. The Bertz CT molecular complexity index is 1150. The Morgan fingerprint density at radius 1 is 1.06 bits per heavy atom. The summed E-state index contributed by atoms with van der Waals surface area (Å²) in [6, 6.07) is 3.03. The summed E-state index contributed by atoms with van der Waals surface area (Å²) in [5.74, 6) is -4.97. The van der Waals surface area contributed by atoms with Crippen LogP contribution in [0.5, 0.6) is 0 Å². The van der Waals surface area contributed by atoms with Gasteiger partial charge in [0.25, 0.3) is 5.56 Å². The van der Waals surface area contributed by atoms with E-state index in [2.05, 4.69) is 4.98 Å². The fourth-order valence-corrected chi connectivity index (χ4v) is 3.20. The van der Waals surface area contributed by atoms with Crippen LogP contribution in [0.4, 0.5) is 0 Å². The molecule has 2 rings (SSSR count). The van der Waals surface area contributed by atoms with Gasteiger partial charge in [-0.05, 0) is 0 Å². The Morgan fingerprint density at radius 2 is 1.62 bits per heavy atom. The first-order chi connectivity index (χ1) is 15.8. The molecule has 1 heterocycles. The van der Waals surface area contributed by atoms with Gasteiger partial charge in [-0.25, -0.2) is 4.79 Å². The number of hydrogen-bond donors (Lipinski definition) is 1. The molecule has 0 fully saturated rings. The Hall–Kier alpha value is -3.68. The van der Waals surface area contributed by atoms with E-state index in [1.807, 2.05) is 6.07 Å². The maximum absolute atomic E-state index is 12.7. The van der Waals surface area contributed by atoms with Crippen LogP contribution in [0, 0.1) is 35.0 Å². The fourth-order valence-electron chi connectivity index (χ4n) is 3.20. The number of aromatic amines is 1. The van der Waals surface area contributed by atoms with Crippen LogP contribution in [0.3, 0.4) is 0 Å². The summed E-state index contributed by atoms with van der Waals surface area (Å²) in [5, 5.41) is 10.3. The van der Waals surface area contributed by atoms with Gasteiger partial charge >= 0.3 is 23.6 Å². The molecule has 1 N–H and O–H groups in total. The number of esters is 3. The number of allylic oxidation sites excluding steroid dienone is 1. The first-order valence-corrected chi connectivity index (χ1v) is 10.9. The predicted molar refractivity (Wildman–Crippen MR) is 118 cm³/mol. The van der Waals surface area contributed by atoms with Crippen LogP contribution in [0.15, 0.2) is 33.4 Å². The number of nitrogens with zero attached hydrogens (tertiary/aromatic N) is 2. The van der Waals surface area contributed by atoms with E-state index in [9.17, 15) is 29.2 Å². The second-order valence-electron chi connectivity index (χ2n) is 8.98. The van der Waals surface area contributed by atoms with Crippen LogP contribution >= 0.6 is 0 Å². The van der Waals surface area contributed by atoms with Gasteiger partial charge in [-0.15, -0.1) is 0 Å². The minimum Gasteiger partial charge on any atom is -0.465 e. The van der Waals surface area contributed by atoms with E-state index in [0.717, 1.165) is 16.8 Å². The summed E-state index contributed by atoms with van der Waals surface area (Å²) >= 11 is 0. The van der Waals surface area contributed by atoms with Gasteiger partial charge in [-0.1, -0.05) is 41.5 Å². The van der Waals surface area contributed by atoms with Gasteiger partial charge < -0.3 is 14.2 Å². The van der Waals surface area contributed by atoms with Gasteiger partial charge in [0.1, 0.15) is 6.61 Å². The zero-order valence-corrected chi connectivity index (χ0v) is 20.0. The number of ether oxygens (including phenoxy) is 3. The standard InChI is InChI=1S/C23H29N3O8/c1-12(2)19(28)32-10-15-9-23(11-24,26-8-7-16(27)25-22(26)31)18(34-21(30)14(5)6)17(15)33-20(29)13(3)4/h7-8,12-15H,9-10H2,1-6H3,(H,25,27,31)/t15-,23?/m1/s1. The number of nitriles is 1. The number of carbonyl (C=O) groups is 3. The van der Waals surface area contributed by atoms with Crippen molar-refractivity contribution in [3.63, 3.8) is 0 Å². The average molecular weight is 475 g/mol. The van der Waals surface area contributed by atoms with Crippen LogP contribution in [0.25, 0.3) is 0 Å². The van der Waals surface area contributed by atoms with Crippen molar-refractivity contribution in [1.82, 2.24) is 9.55 Å². The van der Waals surface area contributed by atoms with Gasteiger partial charge in [0, 0.05) is 18.7 Å². The summed E-state index contributed by atoms with van der Waals surface area (Å²) in [7, 11) is 0. The van der Waals surface area contributed by atoms with Gasteiger partial charge in [-0.2, -0.15) is 5.26 Å². The van der Waals surface area contributed by atoms with Crippen LogP contribution in [0.1, 0.15) is 48.0 Å². The summed E-state index contributed by atoms with van der Waals surface area (Å²) < 4.78 is 17.3. The Labute approximate surface area is 196 Å². The average Bonchev–Trinajstić information content (AvgIpc) is 3.04. The number of nitrogens with one attached hydrogen (secondary N) is 1. The lowest BCUT2D eigenvalue weighted by molar-refractivity contribution is -0.150. The largest absolute Gasteiger partial charge is 0.465 e. The summed E-state index contributed by atoms with van der Waals surface area (Å²) in [4.78, 5) is 63.5. The second-order valence-corrected chi connectivity index (χ2v) is 8.98. The van der Waals surface area contributed by atoms with Crippen LogP contribution in [-0.4, -0.2) is 34.1 Å². The van der Waals surface area contributed by atoms with E-state index < -0.39 is 58.4 Å². The molecule has 184 valence electrons. The molecule has 0 amide bonds. The fraction of sp³-hybridized carbons (Fsp3) is 0.565. The minimum atomic E-state index is -1.95. The summed E-state index contributed by atoms with van der Waals surface area (Å²) in [6.07, 6.45) is 0.875. The molecule has 0 aromatic carbocycles. The molecule has 11 nitrogen and oxygen atoms in total. The lowest BCUT2D eigenvalue weighted by atomic mass is 9.95. The quantitative estimate of drug-likeness (QED) is 0.435. The van der Waals surface area contributed by atoms with E-state index in [1.54, 1.807) is 41.5 Å². The third-order valence-corrected chi connectivity index (χ3v) is 5.19. The zero-order chi connectivity index (χ0) is 25.8. The van der Waals surface area contributed by atoms with Crippen molar-refractivity contribution in [1.29, 1.82) is 5.26 Å². The smallest absolute Gasteiger partial charge is 0.330 e. The molecule has 34 heavy (non-hydrogen) atoms. The van der Waals surface area contributed by atoms with Gasteiger partial charge in [0.05, 0.1) is 29.7 Å². The van der Waals surface area contributed by atoms with Gasteiger partial charge in [0.15, 0.2) is 17.1 Å². The van der Waals surface area contributed by atoms with Crippen molar-refractivity contribution in [2.75, 3.05) is 6.61 Å². The highest BCUT2D eigenvalue weighted by Gasteiger charge is 2.54. The Morgan fingerprint density at radius 3 is 2.12 bits per heavy atom. The third kappa shape index (κ3) is 5.44. The molecule has 1 unspecified atom stereocenters. The lowest BCUT2D eigenvalue weighted by Crippen LogP contribution is -2.44. The molecule has 0 bridgehead atoms. The van der Waals surface area contributed by atoms with Gasteiger partial charge in [0.2, 0.25) is 0 Å². The number of carbonyl (C=O) groups excluding carboxylic acids is 3. The number of aromatic nitrogens is 2. The molecule has 1 aliphatic rings. The molecule has 0 spiro atoms. The van der Waals surface area contributed by atoms with Crippen molar-refractivity contribution in [3.8, 4) is 6.07 Å². The minimum absolute atomic E-state index is 0.177. The molecule has 1 aliphatic carbocycles. The molecule has 0 radical (unpaired) electrons. The number of hydrogen-bond acceptors (Lipinski definition) is 9. The predicted octanol–water partition coefficient (Wildman–Crippen LogP) is 1.58. The highest BCUT2D eigenvalue weighted by molar-refractivity contribution is 5.75. The summed E-state index contributed by atoms with van der Waals surface area (Å²) in [5.41, 5.74) is -3.57. The van der Waals surface area contributed by atoms with Crippen LogP contribution in [-0.2, 0) is 34.1 Å². The molecule has 0 saturated carbocycles. The first kappa shape index (κ1) is 26.6. The van der Waals surface area contributed by atoms with E-state index in [4.69, 9.17) is 14.2 Å². The molecule has 11 heteroatoms. The van der Waals surface area contributed by atoms with Gasteiger partial charge in [-0.3, -0.25) is 28.7 Å². The van der Waals surface area contributed by atoms with E-state index in [1.165, 1.54) is 0 Å². The van der Waals surface area contributed by atoms with Crippen molar-refractivity contribution >= 4 is 17.9 Å². The number of H-pyrrole nitrogens is 1. The molecule has 0 aliphatic heterocycles. The molecular weight excluding hydrogens is 446 g/mol. The highest BCUT2D eigenvalue weighted by Crippen LogP contribution is 2.46. The van der Waals surface area contributed by atoms with Crippen LogP contribution in [0.2, 0.25) is 0 Å². The molecule has 0 saturated heterocycles. The lowest BCUT2D eigenvalue weighted by Gasteiger charge is -2.26. The topological polar surface area (TPSA) is 158 Å². The molecule has 2 atom stereocenters. The first-order valence-electron chi connectivity index (χ1n) is 10.9. The zero-order valence-electron chi connectivity index (χ0n) is 20.0. The van der Waals surface area contributed by atoms with Crippen molar-refractivity contribution in [2.24, 2.45) is 23.7 Å². The van der Waals surface area contributed by atoms with Crippen molar-refractivity contribution < 1.29 is 28.6 Å². The maximum Gasteiger partial charge on any atom is 0.330 e. The highest BCUT2D eigenvalue weighted by atomic mass is 16.6. The molecule has 1 aromatic rings. The van der Waals surface area contributed by atoms with Crippen molar-refractivity contribution in [3.05, 3.63) is 44.6 Å². The summed E-state index contributed by atoms with van der Waals surface area (Å²) in [6.45, 7) is 9.32.